The van der Waals surface area contributed by atoms with Gasteiger partial charge in [0.05, 0.1) is 18.4 Å². The smallest absolute Gasteiger partial charge is 0.334 e. The zero-order valence-corrected chi connectivity index (χ0v) is 11.4. The van der Waals surface area contributed by atoms with Gasteiger partial charge in [-0.05, 0) is 13.8 Å². The minimum atomic E-state index is -1.11. The summed E-state index contributed by atoms with van der Waals surface area (Å²) in [5.74, 6) is -1.11. The maximum absolute atomic E-state index is 11.8. The van der Waals surface area contributed by atoms with E-state index in [2.05, 4.69) is 5.10 Å². The number of ether oxygens (including phenoxy) is 1. The second kappa shape index (κ2) is 6.89. The predicted molar refractivity (Wildman–Crippen MR) is 70.5 cm³/mol. The highest BCUT2D eigenvalue weighted by Gasteiger charge is 2.19. The summed E-state index contributed by atoms with van der Waals surface area (Å²) < 4.78 is 6.15. The van der Waals surface area contributed by atoms with Gasteiger partial charge in [0.15, 0.2) is 6.10 Å². The molecule has 0 fully saturated rings. The van der Waals surface area contributed by atoms with E-state index in [1.165, 1.54) is 12.3 Å². The number of carbonyl (C=O) groups is 1. The fourth-order valence-corrected chi connectivity index (χ4v) is 1.51. The van der Waals surface area contributed by atoms with Crippen molar-refractivity contribution in [2.45, 2.75) is 26.5 Å². The molecule has 1 N–H and O–H groups in total. The van der Waals surface area contributed by atoms with Gasteiger partial charge in [-0.1, -0.05) is 0 Å². The van der Waals surface area contributed by atoms with Crippen LogP contribution in [-0.2, 0) is 16.1 Å². The molecular formula is C12H19N3O4. The molecule has 0 aliphatic carbocycles. The van der Waals surface area contributed by atoms with E-state index >= 15 is 0 Å². The lowest BCUT2D eigenvalue weighted by molar-refractivity contribution is -0.151. The Bertz CT molecular complexity index is 486. The Morgan fingerprint density at radius 3 is 2.74 bits per heavy atom. The molecule has 0 saturated carbocycles. The number of carboxylic acids is 1. The van der Waals surface area contributed by atoms with Crippen LogP contribution in [0.2, 0.25) is 0 Å². The molecule has 0 aromatic carbocycles. The van der Waals surface area contributed by atoms with Crippen LogP contribution in [0.25, 0.3) is 0 Å². The molecule has 19 heavy (non-hydrogen) atoms. The standard InChI is InChI=1S/C12H19N3O4/c1-4-14(3)9-6-11(16)15(13-7-9)8-10(12(17)18)19-5-2/h6-7,10H,4-5,8H2,1-3H3,(H,17,18). The van der Waals surface area contributed by atoms with Gasteiger partial charge in [0.25, 0.3) is 5.56 Å². The van der Waals surface area contributed by atoms with Crippen LogP contribution in [0.15, 0.2) is 17.1 Å². The Kier molecular flexibility index (Phi) is 5.50. The number of aliphatic carboxylic acids is 1. The number of hydrogen-bond donors (Lipinski definition) is 1. The van der Waals surface area contributed by atoms with Crippen molar-refractivity contribution < 1.29 is 14.6 Å². The molecule has 1 unspecified atom stereocenters. The number of aromatic nitrogens is 2. The molecule has 0 aliphatic heterocycles. The first kappa shape index (κ1) is 15.2. The number of anilines is 1. The lowest BCUT2D eigenvalue weighted by Gasteiger charge is -2.17. The normalized spacial score (nSPS) is 12.2. The van der Waals surface area contributed by atoms with E-state index < -0.39 is 12.1 Å². The highest BCUT2D eigenvalue weighted by Crippen LogP contribution is 2.06. The highest BCUT2D eigenvalue weighted by molar-refractivity contribution is 5.72. The molecule has 106 valence electrons. The van der Waals surface area contributed by atoms with Crippen LogP contribution in [0, 0.1) is 0 Å². The molecule has 1 aromatic rings. The number of carboxylic acid groups (broad SMARTS) is 1. The van der Waals surface area contributed by atoms with E-state index in [0.717, 1.165) is 11.2 Å². The van der Waals surface area contributed by atoms with Gasteiger partial charge in [-0.2, -0.15) is 5.10 Å². The van der Waals surface area contributed by atoms with Gasteiger partial charge in [-0.25, -0.2) is 9.48 Å². The second-order valence-corrected chi connectivity index (χ2v) is 4.03. The fraction of sp³-hybridized carbons (Fsp3) is 0.583. The van der Waals surface area contributed by atoms with E-state index in [0.29, 0.717) is 5.69 Å². The van der Waals surface area contributed by atoms with Crippen LogP contribution in [0.4, 0.5) is 5.69 Å². The SMILES string of the molecule is CCOC(Cn1ncc(N(C)CC)cc1=O)C(=O)O. The quantitative estimate of drug-likeness (QED) is 0.760. The third-order valence-electron chi connectivity index (χ3n) is 2.75. The maximum Gasteiger partial charge on any atom is 0.334 e. The zero-order valence-electron chi connectivity index (χ0n) is 11.4. The van der Waals surface area contributed by atoms with E-state index in [1.54, 1.807) is 6.92 Å². The summed E-state index contributed by atoms with van der Waals surface area (Å²) in [5, 5.41) is 12.9. The molecule has 0 radical (unpaired) electrons. The Balaban J connectivity index is 2.90. The molecule has 1 atom stereocenters. The van der Waals surface area contributed by atoms with Crippen LogP contribution in [0.1, 0.15) is 13.8 Å². The number of rotatable bonds is 7. The summed E-state index contributed by atoms with van der Waals surface area (Å²) in [6.07, 6.45) is 0.473. The first-order valence-corrected chi connectivity index (χ1v) is 6.12. The molecule has 0 spiro atoms. The van der Waals surface area contributed by atoms with Crippen molar-refractivity contribution in [3.63, 3.8) is 0 Å². The van der Waals surface area contributed by atoms with Crippen molar-refractivity contribution >= 4 is 11.7 Å². The summed E-state index contributed by atoms with van der Waals surface area (Å²) in [6, 6.07) is 1.43. The largest absolute Gasteiger partial charge is 0.479 e. The number of nitrogens with zero attached hydrogens (tertiary/aromatic N) is 3. The monoisotopic (exact) mass is 269 g/mol. The molecule has 0 aliphatic rings. The third-order valence-corrected chi connectivity index (χ3v) is 2.75. The van der Waals surface area contributed by atoms with Crippen molar-refractivity contribution in [2.75, 3.05) is 25.1 Å². The molecule has 1 aromatic heterocycles. The first-order valence-electron chi connectivity index (χ1n) is 6.12. The minimum Gasteiger partial charge on any atom is -0.479 e. The maximum atomic E-state index is 11.8. The third kappa shape index (κ3) is 4.06. The van der Waals surface area contributed by atoms with Crippen LogP contribution in [0.5, 0.6) is 0 Å². The summed E-state index contributed by atoms with van der Waals surface area (Å²) >= 11 is 0. The van der Waals surface area contributed by atoms with Gasteiger partial charge < -0.3 is 14.7 Å². The van der Waals surface area contributed by atoms with Gasteiger partial charge in [0.2, 0.25) is 0 Å². The summed E-state index contributed by atoms with van der Waals surface area (Å²) in [5.41, 5.74) is 0.357. The van der Waals surface area contributed by atoms with Crippen LogP contribution in [-0.4, -0.2) is 47.2 Å². The molecule has 0 bridgehead atoms. The van der Waals surface area contributed by atoms with Gasteiger partial charge >= 0.3 is 5.97 Å². The molecule has 0 amide bonds. The van der Waals surface area contributed by atoms with E-state index in [-0.39, 0.29) is 18.7 Å². The van der Waals surface area contributed by atoms with Gasteiger partial charge in [-0.15, -0.1) is 0 Å². The summed E-state index contributed by atoms with van der Waals surface area (Å²) in [4.78, 5) is 24.7. The number of hydrogen-bond acceptors (Lipinski definition) is 5. The van der Waals surface area contributed by atoms with Crippen molar-refractivity contribution in [1.29, 1.82) is 0 Å². The molecule has 1 rings (SSSR count). The average Bonchev–Trinajstić information content (AvgIpc) is 2.39. The second-order valence-electron chi connectivity index (χ2n) is 4.03. The van der Waals surface area contributed by atoms with Crippen LogP contribution in [0.3, 0.4) is 0 Å². The lowest BCUT2D eigenvalue weighted by Crippen LogP contribution is -2.35. The molecule has 0 saturated heterocycles. The van der Waals surface area contributed by atoms with E-state index in [1.807, 2.05) is 18.9 Å². The molecule has 1 heterocycles. The van der Waals surface area contributed by atoms with Crippen molar-refractivity contribution in [1.82, 2.24) is 9.78 Å². The Labute approximate surface area is 111 Å². The summed E-state index contributed by atoms with van der Waals surface area (Å²) in [6.45, 7) is 4.58. The van der Waals surface area contributed by atoms with Crippen LogP contribution >= 0.6 is 0 Å². The fourth-order valence-electron chi connectivity index (χ4n) is 1.51. The Morgan fingerprint density at radius 2 is 2.26 bits per heavy atom. The molecule has 7 heteroatoms. The van der Waals surface area contributed by atoms with Crippen molar-refractivity contribution in [3.05, 3.63) is 22.6 Å². The highest BCUT2D eigenvalue weighted by atomic mass is 16.5. The van der Waals surface area contributed by atoms with Gasteiger partial charge in [-0.3, -0.25) is 4.79 Å². The first-order chi connectivity index (χ1) is 8.99. The van der Waals surface area contributed by atoms with Crippen molar-refractivity contribution in [3.8, 4) is 0 Å². The van der Waals surface area contributed by atoms with Crippen molar-refractivity contribution in [2.24, 2.45) is 0 Å². The van der Waals surface area contributed by atoms with Gasteiger partial charge in [0.1, 0.15) is 0 Å². The Morgan fingerprint density at radius 1 is 1.58 bits per heavy atom. The van der Waals surface area contributed by atoms with E-state index in [4.69, 9.17) is 9.84 Å². The molecular weight excluding hydrogens is 250 g/mol. The predicted octanol–water partition coefficient (Wildman–Crippen LogP) is 0.189. The topological polar surface area (TPSA) is 84.7 Å². The van der Waals surface area contributed by atoms with E-state index in [9.17, 15) is 9.59 Å². The summed E-state index contributed by atoms with van der Waals surface area (Å²) in [7, 11) is 1.85. The zero-order chi connectivity index (χ0) is 14.4. The van der Waals surface area contributed by atoms with Gasteiger partial charge in [0, 0.05) is 26.3 Å². The van der Waals surface area contributed by atoms with Crippen LogP contribution < -0.4 is 10.5 Å². The lowest BCUT2D eigenvalue weighted by atomic mass is 10.3. The molecule has 7 nitrogen and oxygen atoms in total. The minimum absolute atomic E-state index is 0.0991. The average molecular weight is 269 g/mol. The Hall–Kier alpha value is -1.89.